The van der Waals surface area contributed by atoms with Crippen molar-refractivity contribution in [3.8, 4) is 0 Å². The van der Waals surface area contributed by atoms with Crippen LogP contribution < -0.4 is 9.80 Å². The van der Waals surface area contributed by atoms with Gasteiger partial charge in [-0.05, 0) is 133 Å². The molecule has 4 heteroatoms. The lowest BCUT2D eigenvalue weighted by atomic mass is 9.91. The molecule has 14 rings (SSSR count). The summed E-state index contributed by atoms with van der Waals surface area (Å²) >= 11 is 0. The van der Waals surface area contributed by atoms with Crippen molar-refractivity contribution in [3.63, 3.8) is 0 Å². The van der Waals surface area contributed by atoms with Crippen LogP contribution in [-0.4, -0.2) is 0 Å². The van der Waals surface area contributed by atoms with Gasteiger partial charge in [-0.25, -0.2) is 0 Å². The van der Waals surface area contributed by atoms with Gasteiger partial charge in [0.15, 0.2) is 11.2 Å². The van der Waals surface area contributed by atoms with Crippen LogP contribution in [0.3, 0.4) is 0 Å². The van der Waals surface area contributed by atoms with Crippen LogP contribution in [0.4, 0.5) is 34.1 Å². The predicted octanol–water partition coefficient (Wildman–Crippen LogP) is 19.3. The van der Waals surface area contributed by atoms with Gasteiger partial charge < -0.3 is 18.6 Å². The fourth-order valence-electron chi connectivity index (χ4n) is 12.5. The number of benzene rings is 10. The Hall–Kier alpha value is -7.56. The van der Waals surface area contributed by atoms with Crippen LogP contribution in [0.5, 0.6) is 0 Å². The van der Waals surface area contributed by atoms with Crippen LogP contribution in [0.15, 0.2) is 179 Å². The number of para-hydroxylation sites is 4. The Morgan fingerprint density at radius 2 is 0.706 bits per heavy atom. The van der Waals surface area contributed by atoms with Crippen molar-refractivity contribution in [1.82, 2.24) is 0 Å². The second kappa shape index (κ2) is 15.5. The minimum Gasteiger partial charge on any atom is -0.454 e. The van der Waals surface area contributed by atoms with E-state index in [1.165, 1.54) is 117 Å². The van der Waals surface area contributed by atoms with Crippen molar-refractivity contribution in [2.24, 2.45) is 0 Å². The molecule has 2 aliphatic rings. The molecule has 0 radical (unpaired) electrons. The molecular weight excluding hydrogens is 829 g/mol. The molecule has 2 fully saturated rings. The average molecular weight is 881 g/mol. The van der Waals surface area contributed by atoms with Gasteiger partial charge in [0, 0.05) is 43.7 Å². The van der Waals surface area contributed by atoms with Crippen LogP contribution in [0.1, 0.15) is 85.5 Å². The highest BCUT2D eigenvalue weighted by atomic mass is 16.3. The third kappa shape index (κ3) is 6.06. The molecule has 2 aromatic heterocycles. The number of hydrogen-bond donors (Lipinski definition) is 0. The standard InChI is InChI=1S/C64H52N2O2/c1-39-23-31-45(32-24-39)65(57-21-9-19-51-49-17-7-15-47(41-11-3-4-12-41)61(49)67-63(51)57)55-37-29-43-28-36-54-56(38-30-44-27-35-53(55)59(43)60(44)54)66(46-33-25-40(2)26-34-46)58-22-10-20-52-50-18-8-16-48(42-13-5-6-14-42)62(50)68-64(52)58/h7-10,15-38,41-42H,3-6,11-14H2,1-2H3. The summed E-state index contributed by atoms with van der Waals surface area (Å²) in [6.07, 6.45) is 10.0. The third-order valence-electron chi connectivity index (χ3n) is 15.8. The molecule has 330 valence electrons. The number of aryl methyl sites for hydroxylation is 2. The molecule has 2 saturated carbocycles. The topological polar surface area (TPSA) is 32.8 Å². The Morgan fingerprint density at radius 3 is 1.12 bits per heavy atom. The van der Waals surface area contributed by atoms with Crippen LogP contribution in [-0.2, 0) is 0 Å². The quantitative estimate of drug-likeness (QED) is 0.142. The number of nitrogens with zero attached hydrogens (tertiary/aromatic N) is 2. The monoisotopic (exact) mass is 880 g/mol. The van der Waals surface area contributed by atoms with Gasteiger partial charge in [-0.1, -0.05) is 158 Å². The molecule has 0 aliphatic heterocycles. The van der Waals surface area contributed by atoms with Gasteiger partial charge in [0.1, 0.15) is 11.2 Å². The molecule has 0 unspecified atom stereocenters. The molecule has 0 N–H and O–H groups in total. The smallest absolute Gasteiger partial charge is 0.159 e. The van der Waals surface area contributed by atoms with E-state index in [1.807, 2.05) is 0 Å². The first kappa shape index (κ1) is 39.6. The third-order valence-corrected chi connectivity index (χ3v) is 15.8. The molecular formula is C64H52N2O2. The number of rotatable bonds is 8. The number of anilines is 6. The molecule has 0 atom stereocenters. The number of hydrogen-bond acceptors (Lipinski definition) is 4. The fraction of sp³-hybridized carbons (Fsp3) is 0.188. The zero-order valence-electron chi connectivity index (χ0n) is 38.7. The second-order valence-corrected chi connectivity index (χ2v) is 19.9. The zero-order chi connectivity index (χ0) is 45.0. The molecule has 0 bridgehead atoms. The maximum absolute atomic E-state index is 7.16. The van der Waals surface area contributed by atoms with Crippen LogP contribution in [0.25, 0.3) is 76.2 Å². The van der Waals surface area contributed by atoms with Gasteiger partial charge in [0.05, 0.1) is 22.7 Å². The molecule has 0 spiro atoms. The van der Waals surface area contributed by atoms with Gasteiger partial charge in [-0.2, -0.15) is 0 Å². The van der Waals surface area contributed by atoms with Gasteiger partial charge in [0.25, 0.3) is 0 Å². The maximum atomic E-state index is 7.16. The lowest BCUT2D eigenvalue weighted by Gasteiger charge is -2.29. The summed E-state index contributed by atoms with van der Waals surface area (Å²) in [5, 5.41) is 12.0. The van der Waals surface area contributed by atoms with E-state index in [9.17, 15) is 0 Å². The minimum atomic E-state index is 0.543. The van der Waals surface area contributed by atoms with E-state index in [4.69, 9.17) is 8.83 Å². The molecule has 4 nitrogen and oxygen atoms in total. The highest BCUT2D eigenvalue weighted by Crippen LogP contribution is 2.52. The van der Waals surface area contributed by atoms with Crippen LogP contribution >= 0.6 is 0 Å². The summed E-state index contributed by atoms with van der Waals surface area (Å²) in [5.74, 6) is 1.09. The zero-order valence-corrected chi connectivity index (χ0v) is 38.7. The molecule has 10 aromatic carbocycles. The van der Waals surface area contributed by atoms with Gasteiger partial charge in [-0.3, -0.25) is 0 Å². The molecule has 0 amide bonds. The van der Waals surface area contributed by atoms with Gasteiger partial charge in [-0.15, -0.1) is 0 Å². The normalized spacial score (nSPS) is 14.9. The number of fused-ring (bicyclic) bond motifs is 6. The van der Waals surface area contributed by atoms with E-state index < -0.39 is 0 Å². The summed E-state index contributed by atoms with van der Waals surface area (Å²) in [6.45, 7) is 4.32. The highest BCUT2D eigenvalue weighted by molar-refractivity contribution is 6.29. The first-order chi connectivity index (χ1) is 33.6. The van der Waals surface area contributed by atoms with Crippen molar-refractivity contribution in [2.45, 2.75) is 77.0 Å². The molecule has 2 aliphatic carbocycles. The van der Waals surface area contributed by atoms with Crippen molar-refractivity contribution in [3.05, 3.63) is 192 Å². The van der Waals surface area contributed by atoms with Crippen molar-refractivity contribution >= 4 is 110 Å². The van der Waals surface area contributed by atoms with E-state index in [0.29, 0.717) is 11.8 Å². The largest absolute Gasteiger partial charge is 0.454 e. The summed E-state index contributed by atoms with van der Waals surface area (Å²) in [7, 11) is 0. The predicted molar refractivity (Wildman–Crippen MR) is 286 cm³/mol. The molecule has 68 heavy (non-hydrogen) atoms. The summed E-state index contributed by atoms with van der Waals surface area (Å²) in [5.41, 5.74) is 15.6. The van der Waals surface area contributed by atoms with Gasteiger partial charge in [0.2, 0.25) is 0 Å². The summed E-state index contributed by atoms with van der Waals surface area (Å²) < 4.78 is 14.3. The van der Waals surface area contributed by atoms with Crippen molar-refractivity contribution < 1.29 is 8.83 Å². The molecule has 12 aromatic rings. The fourth-order valence-corrected chi connectivity index (χ4v) is 12.5. The van der Waals surface area contributed by atoms with Crippen LogP contribution in [0.2, 0.25) is 0 Å². The average Bonchev–Trinajstić information content (AvgIpc) is 4.23. The molecule has 2 heterocycles. The Kier molecular flexibility index (Phi) is 9.03. The maximum Gasteiger partial charge on any atom is 0.159 e. The van der Waals surface area contributed by atoms with Crippen molar-refractivity contribution in [1.29, 1.82) is 0 Å². The van der Waals surface area contributed by atoms with Crippen molar-refractivity contribution in [2.75, 3.05) is 9.80 Å². The summed E-state index contributed by atoms with van der Waals surface area (Å²) in [6, 6.07) is 63.4. The van der Waals surface area contributed by atoms with E-state index in [-0.39, 0.29) is 0 Å². The SMILES string of the molecule is Cc1ccc(N(c2ccc3ccc4c(N(c5ccc(C)cc5)c5cccc6c5oc5c(C7CCCC7)cccc56)ccc5ccc2c3c54)c2cccc3c2oc2c(C4CCCC4)cccc23)cc1. The van der Waals surface area contributed by atoms with E-state index in [2.05, 4.69) is 194 Å². The Balaban J connectivity index is 0.999. The Morgan fingerprint density at radius 1 is 0.338 bits per heavy atom. The molecule has 0 saturated heterocycles. The van der Waals surface area contributed by atoms with E-state index in [0.717, 1.165) is 67.2 Å². The Bertz CT molecular complexity index is 3640. The first-order valence-corrected chi connectivity index (χ1v) is 24.9. The second-order valence-electron chi connectivity index (χ2n) is 19.9. The van der Waals surface area contributed by atoms with Gasteiger partial charge >= 0.3 is 0 Å². The lowest BCUT2D eigenvalue weighted by molar-refractivity contribution is 0.643. The lowest BCUT2D eigenvalue weighted by Crippen LogP contribution is -2.12. The highest BCUT2D eigenvalue weighted by Gasteiger charge is 2.28. The first-order valence-electron chi connectivity index (χ1n) is 24.9. The minimum absolute atomic E-state index is 0.543. The van der Waals surface area contributed by atoms with E-state index >= 15 is 0 Å². The summed E-state index contributed by atoms with van der Waals surface area (Å²) in [4.78, 5) is 4.87. The Labute approximate surface area is 396 Å². The number of furan rings is 2. The van der Waals surface area contributed by atoms with E-state index in [1.54, 1.807) is 0 Å². The van der Waals surface area contributed by atoms with Crippen LogP contribution in [0, 0.1) is 13.8 Å².